The van der Waals surface area contributed by atoms with Crippen molar-refractivity contribution in [2.75, 3.05) is 18.5 Å². The fourth-order valence-corrected chi connectivity index (χ4v) is 2.33. The minimum Gasteiger partial charge on any atom is -0.359 e. The van der Waals surface area contributed by atoms with E-state index < -0.39 is 0 Å². The van der Waals surface area contributed by atoms with E-state index in [9.17, 15) is 0 Å². The van der Waals surface area contributed by atoms with Gasteiger partial charge >= 0.3 is 0 Å². The number of rotatable bonds is 1. The number of fused-ring (bicyclic) bond motifs is 1. The lowest BCUT2D eigenvalue weighted by Crippen LogP contribution is -2.25. The minimum atomic E-state index is 1.01. The van der Waals surface area contributed by atoms with E-state index in [2.05, 4.69) is 29.2 Å². The molecule has 2 aromatic heterocycles. The molecule has 4 nitrogen and oxygen atoms in total. The molecule has 0 aliphatic carbocycles. The van der Waals surface area contributed by atoms with Gasteiger partial charge in [0, 0.05) is 32.4 Å². The molecule has 0 fully saturated rings. The molecule has 0 bridgehead atoms. The number of hydrogen-bond acceptors (Lipinski definition) is 3. The molecule has 1 aliphatic rings. The molecule has 0 spiro atoms. The summed E-state index contributed by atoms with van der Waals surface area (Å²) in [6.07, 6.45) is 6.21. The van der Waals surface area contributed by atoms with Crippen LogP contribution in [0.5, 0.6) is 0 Å². The second kappa shape index (κ2) is 3.87. The third-order valence-corrected chi connectivity index (χ3v) is 3.26. The summed E-state index contributed by atoms with van der Waals surface area (Å²) in [7, 11) is 4.03. The predicted molar refractivity (Wildman–Crippen MR) is 68.0 cm³/mol. The molecule has 3 rings (SSSR count). The quantitative estimate of drug-likeness (QED) is 0.747. The zero-order valence-electron chi connectivity index (χ0n) is 10.2. The summed E-state index contributed by atoms with van der Waals surface area (Å²) in [4.78, 5) is 6.99. The van der Waals surface area contributed by atoms with E-state index in [-0.39, 0.29) is 0 Å². The number of aryl methyl sites for hydroxylation is 2. The molecule has 0 atom stereocenters. The highest BCUT2D eigenvalue weighted by molar-refractivity contribution is 5.62. The molecular weight excluding hydrogens is 212 g/mol. The van der Waals surface area contributed by atoms with Crippen LogP contribution >= 0.6 is 0 Å². The lowest BCUT2D eigenvalue weighted by Gasteiger charge is -2.26. The summed E-state index contributed by atoms with van der Waals surface area (Å²) >= 11 is 0. The van der Waals surface area contributed by atoms with Crippen LogP contribution in [0.25, 0.3) is 11.3 Å². The van der Waals surface area contributed by atoms with Gasteiger partial charge in [0.25, 0.3) is 0 Å². The van der Waals surface area contributed by atoms with E-state index in [1.165, 1.54) is 12.0 Å². The fourth-order valence-electron chi connectivity index (χ4n) is 2.33. The third-order valence-electron chi connectivity index (χ3n) is 3.26. The normalized spacial score (nSPS) is 14.8. The van der Waals surface area contributed by atoms with Crippen LogP contribution in [-0.4, -0.2) is 28.4 Å². The smallest absolute Gasteiger partial charge is 0.132 e. The van der Waals surface area contributed by atoms with E-state index >= 15 is 0 Å². The van der Waals surface area contributed by atoms with Gasteiger partial charge in [-0.3, -0.25) is 4.68 Å². The molecule has 0 saturated heterocycles. The van der Waals surface area contributed by atoms with Crippen molar-refractivity contribution in [2.24, 2.45) is 7.05 Å². The van der Waals surface area contributed by atoms with Crippen molar-refractivity contribution >= 4 is 5.82 Å². The average molecular weight is 228 g/mol. The van der Waals surface area contributed by atoms with E-state index in [1.807, 2.05) is 19.4 Å². The van der Waals surface area contributed by atoms with Crippen LogP contribution in [0.2, 0.25) is 0 Å². The Bertz CT molecular complexity index is 544. The Morgan fingerprint density at radius 1 is 1.24 bits per heavy atom. The Labute approximate surface area is 101 Å². The molecule has 88 valence electrons. The van der Waals surface area contributed by atoms with Crippen molar-refractivity contribution in [3.8, 4) is 11.3 Å². The molecule has 0 aromatic carbocycles. The SMILES string of the molecule is CN1CCCc2ccc(-c3cnn(C)c3)nc21. The van der Waals surface area contributed by atoms with Crippen molar-refractivity contribution in [3.63, 3.8) is 0 Å². The average Bonchev–Trinajstić information content (AvgIpc) is 2.76. The number of anilines is 1. The Hall–Kier alpha value is -1.84. The summed E-state index contributed by atoms with van der Waals surface area (Å²) in [5.74, 6) is 1.12. The highest BCUT2D eigenvalue weighted by atomic mass is 15.2. The van der Waals surface area contributed by atoms with E-state index in [0.717, 1.165) is 30.0 Å². The lowest BCUT2D eigenvalue weighted by molar-refractivity contribution is 0.731. The summed E-state index contributed by atoms with van der Waals surface area (Å²) in [6.45, 7) is 1.09. The number of pyridine rings is 1. The van der Waals surface area contributed by atoms with E-state index in [0.29, 0.717) is 0 Å². The number of nitrogens with zero attached hydrogens (tertiary/aromatic N) is 4. The molecule has 0 unspecified atom stereocenters. The lowest BCUT2D eigenvalue weighted by atomic mass is 10.0. The summed E-state index contributed by atoms with van der Waals surface area (Å²) in [5.41, 5.74) is 3.44. The van der Waals surface area contributed by atoms with Crippen LogP contribution < -0.4 is 4.90 Å². The zero-order chi connectivity index (χ0) is 11.8. The second-order valence-electron chi connectivity index (χ2n) is 4.61. The van der Waals surface area contributed by atoms with Crippen LogP contribution in [0.1, 0.15) is 12.0 Å². The monoisotopic (exact) mass is 228 g/mol. The topological polar surface area (TPSA) is 34.0 Å². The van der Waals surface area contributed by atoms with Gasteiger partial charge < -0.3 is 4.90 Å². The molecule has 0 amide bonds. The van der Waals surface area contributed by atoms with Gasteiger partial charge in [0.05, 0.1) is 11.9 Å². The maximum Gasteiger partial charge on any atom is 0.132 e. The van der Waals surface area contributed by atoms with Gasteiger partial charge in [0.2, 0.25) is 0 Å². The molecule has 0 saturated carbocycles. The molecule has 3 heterocycles. The molecule has 0 radical (unpaired) electrons. The van der Waals surface area contributed by atoms with Crippen LogP contribution in [0, 0.1) is 0 Å². The van der Waals surface area contributed by atoms with Crippen molar-refractivity contribution in [2.45, 2.75) is 12.8 Å². The van der Waals surface area contributed by atoms with Gasteiger partial charge in [-0.05, 0) is 24.5 Å². The first-order valence-electron chi connectivity index (χ1n) is 5.94. The van der Waals surface area contributed by atoms with Crippen LogP contribution in [0.3, 0.4) is 0 Å². The number of hydrogen-bond donors (Lipinski definition) is 0. The first-order chi connectivity index (χ1) is 8.24. The second-order valence-corrected chi connectivity index (χ2v) is 4.61. The first kappa shape index (κ1) is 10.3. The Balaban J connectivity index is 2.05. The van der Waals surface area contributed by atoms with Crippen molar-refractivity contribution in [3.05, 3.63) is 30.1 Å². The van der Waals surface area contributed by atoms with Gasteiger partial charge in [-0.1, -0.05) is 6.07 Å². The summed E-state index contributed by atoms with van der Waals surface area (Å²) in [6, 6.07) is 4.29. The molecular formula is C13H16N4. The Morgan fingerprint density at radius 3 is 2.88 bits per heavy atom. The van der Waals surface area contributed by atoms with E-state index in [4.69, 9.17) is 4.98 Å². The Morgan fingerprint density at radius 2 is 2.12 bits per heavy atom. The maximum atomic E-state index is 4.75. The number of aromatic nitrogens is 3. The minimum absolute atomic E-state index is 1.01. The largest absolute Gasteiger partial charge is 0.359 e. The van der Waals surface area contributed by atoms with Crippen LogP contribution in [0.4, 0.5) is 5.82 Å². The van der Waals surface area contributed by atoms with Gasteiger partial charge in [-0.25, -0.2) is 4.98 Å². The van der Waals surface area contributed by atoms with Crippen molar-refractivity contribution < 1.29 is 0 Å². The van der Waals surface area contributed by atoms with Gasteiger partial charge in [-0.15, -0.1) is 0 Å². The Kier molecular flexibility index (Phi) is 2.35. The molecule has 2 aromatic rings. The highest BCUT2D eigenvalue weighted by Crippen LogP contribution is 2.27. The predicted octanol–water partition coefficient (Wildman–Crippen LogP) is 1.86. The van der Waals surface area contributed by atoms with Gasteiger partial charge in [-0.2, -0.15) is 5.10 Å². The van der Waals surface area contributed by atoms with Gasteiger partial charge in [0.15, 0.2) is 0 Å². The van der Waals surface area contributed by atoms with Gasteiger partial charge in [0.1, 0.15) is 5.82 Å². The highest BCUT2D eigenvalue weighted by Gasteiger charge is 2.16. The fraction of sp³-hybridized carbons (Fsp3) is 0.385. The molecule has 1 aliphatic heterocycles. The molecule has 0 N–H and O–H groups in total. The van der Waals surface area contributed by atoms with E-state index in [1.54, 1.807) is 4.68 Å². The summed E-state index contributed by atoms with van der Waals surface area (Å²) in [5, 5.41) is 4.19. The standard InChI is InChI=1S/C13H16N4/c1-16-7-3-4-10-5-6-12(15-13(10)16)11-8-14-17(2)9-11/h5-6,8-9H,3-4,7H2,1-2H3. The van der Waals surface area contributed by atoms with Crippen LogP contribution in [-0.2, 0) is 13.5 Å². The third kappa shape index (κ3) is 1.79. The summed E-state index contributed by atoms with van der Waals surface area (Å²) < 4.78 is 1.81. The molecule has 4 heteroatoms. The zero-order valence-corrected chi connectivity index (χ0v) is 10.2. The van der Waals surface area contributed by atoms with Crippen molar-refractivity contribution in [1.29, 1.82) is 0 Å². The maximum absolute atomic E-state index is 4.75. The van der Waals surface area contributed by atoms with Crippen LogP contribution in [0.15, 0.2) is 24.5 Å². The van der Waals surface area contributed by atoms with Crippen molar-refractivity contribution in [1.82, 2.24) is 14.8 Å². The first-order valence-corrected chi connectivity index (χ1v) is 5.94. The molecule has 17 heavy (non-hydrogen) atoms.